The zero-order valence-electron chi connectivity index (χ0n) is 10.7. The predicted molar refractivity (Wildman–Crippen MR) is 70.8 cm³/mol. The van der Waals surface area contributed by atoms with E-state index in [1.54, 1.807) is 25.1 Å². The van der Waals surface area contributed by atoms with Crippen molar-refractivity contribution in [2.75, 3.05) is 13.1 Å². The Labute approximate surface area is 107 Å². The van der Waals surface area contributed by atoms with Gasteiger partial charge >= 0.3 is 0 Å². The highest BCUT2D eigenvalue weighted by molar-refractivity contribution is 5.97. The number of rotatable bonds is 4. The van der Waals surface area contributed by atoms with Crippen LogP contribution >= 0.6 is 0 Å². The second-order valence-electron chi connectivity index (χ2n) is 4.81. The lowest BCUT2D eigenvalue weighted by molar-refractivity contribution is 0.0949. The van der Waals surface area contributed by atoms with Crippen molar-refractivity contribution in [3.8, 4) is 5.75 Å². The number of carbonyl (C=O) groups is 1. The van der Waals surface area contributed by atoms with Crippen LogP contribution in [-0.2, 0) is 0 Å². The zero-order chi connectivity index (χ0) is 13.0. The third-order valence-electron chi connectivity index (χ3n) is 3.42. The molecule has 2 rings (SSSR count). The maximum Gasteiger partial charge on any atom is 0.255 e. The van der Waals surface area contributed by atoms with E-state index in [4.69, 9.17) is 0 Å². The molecule has 1 atom stereocenters. The molecule has 1 aliphatic heterocycles. The van der Waals surface area contributed by atoms with Crippen LogP contribution in [0.2, 0.25) is 0 Å². The summed E-state index contributed by atoms with van der Waals surface area (Å²) in [7, 11) is 0. The van der Waals surface area contributed by atoms with Gasteiger partial charge in [0.05, 0.1) is 5.56 Å². The van der Waals surface area contributed by atoms with Gasteiger partial charge in [-0.1, -0.05) is 12.1 Å². The molecule has 0 unspecified atom stereocenters. The third-order valence-corrected chi connectivity index (χ3v) is 3.42. The fourth-order valence-corrected chi connectivity index (χ4v) is 2.30. The van der Waals surface area contributed by atoms with Crippen LogP contribution in [0.15, 0.2) is 18.2 Å². The fraction of sp³-hybridized carbons (Fsp3) is 0.500. The molecule has 4 heteroatoms. The van der Waals surface area contributed by atoms with Crippen LogP contribution in [0.1, 0.15) is 35.2 Å². The van der Waals surface area contributed by atoms with Gasteiger partial charge in [-0.2, -0.15) is 0 Å². The van der Waals surface area contributed by atoms with E-state index in [1.165, 1.54) is 12.8 Å². The Balaban J connectivity index is 1.85. The molecule has 4 nitrogen and oxygen atoms in total. The molecule has 0 aromatic heterocycles. The molecule has 18 heavy (non-hydrogen) atoms. The van der Waals surface area contributed by atoms with Crippen molar-refractivity contribution in [3.63, 3.8) is 0 Å². The number of aryl methyl sites for hydroxylation is 1. The van der Waals surface area contributed by atoms with Crippen LogP contribution in [0.3, 0.4) is 0 Å². The molecule has 1 aliphatic rings. The number of phenolic OH excluding ortho intramolecular Hbond substituents is 1. The first-order valence-corrected chi connectivity index (χ1v) is 6.48. The smallest absolute Gasteiger partial charge is 0.255 e. The highest BCUT2D eigenvalue weighted by atomic mass is 16.3. The Bertz CT molecular complexity index is 426. The molecule has 1 fully saturated rings. The molecule has 0 saturated carbocycles. The minimum Gasteiger partial charge on any atom is -0.507 e. The van der Waals surface area contributed by atoms with Gasteiger partial charge in [0.25, 0.3) is 5.91 Å². The lowest BCUT2D eigenvalue weighted by Gasteiger charge is -2.11. The minimum absolute atomic E-state index is 0.0778. The number of hydrogen-bond acceptors (Lipinski definition) is 3. The van der Waals surface area contributed by atoms with E-state index in [0.29, 0.717) is 18.2 Å². The van der Waals surface area contributed by atoms with Crippen molar-refractivity contribution in [3.05, 3.63) is 29.3 Å². The lowest BCUT2D eigenvalue weighted by Crippen LogP contribution is -2.30. The average molecular weight is 248 g/mol. The molecule has 0 radical (unpaired) electrons. The van der Waals surface area contributed by atoms with Crippen LogP contribution < -0.4 is 10.6 Å². The summed E-state index contributed by atoms with van der Waals surface area (Å²) in [4.78, 5) is 11.9. The van der Waals surface area contributed by atoms with Gasteiger partial charge in [0.15, 0.2) is 0 Å². The van der Waals surface area contributed by atoms with E-state index < -0.39 is 0 Å². The third kappa shape index (κ3) is 3.01. The zero-order valence-corrected chi connectivity index (χ0v) is 10.7. The Morgan fingerprint density at radius 1 is 1.56 bits per heavy atom. The average Bonchev–Trinajstić information content (AvgIpc) is 2.85. The number of amides is 1. The van der Waals surface area contributed by atoms with Crippen molar-refractivity contribution in [1.29, 1.82) is 0 Å². The lowest BCUT2D eigenvalue weighted by atomic mass is 10.1. The minimum atomic E-state index is -0.200. The van der Waals surface area contributed by atoms with Crippen LogP contribution in [0.5, 0.6) is 5.75 Å². The van der Waals surface area contributed by atoms with E-state index in [1.807, 2.05) is 0 Å². The molecule has 1 heterocycles. The molecular formula is C14H20N2O2. The Morgan fingerprint density at radius 3 is 3.11 bits per heavy atom. The van der Waals surface area contributed by atoms with Crippen molar-refractivity contribution >= 4 is 5.91 Å². The second kappa shape index (κ2) is 5.87. The van der Waals surface area contributed by atoms with Crippen LogP contribution in [-0.4, -0.2) is 30.1 Å². The Kier molecular flexibility index (Phi) is 4.20. The number of nitrogens with one attached hydrogen (secondary N) is 2. The summed E-state index contributed by atoms with van der Waals surface area (Å²) in [6.45, 7) is 3.51. The number of benzene rings is 1. The first-order chi connectivity index (χ1) is 8.68. The number of carbonyl (C=O) groups excluding carboxylic acids is 1. The van der Waals surface area contributed by atoms with Crippen molar-refractivity contribution in [2.45, 2.75) is 32.2 Å². The van der Waals surface area contributed by atoms with Crippen molar-refractivity contribution in [2.24, 2.45) is 0 Å². The molecule has 98 valence electrons. The van der Waals surface area contributed by atoms with Crippen LogP contribution in [0, 0.1) is 6.92 Å². The van der Waals surface area contributed by atoms with E-state index in [9.17, 15) is 9.90 Å². The van der Waals surface area contributed by atoms with Gasteiger partial charge in [0.1, 0.15) is 5.75 Å². The first kappa shape index (κ1) is 12.9. The van der Waals surface area contributed by atoms with E-state index in [2.05, 4.69) is 10.6 Å². The highest BCUT2D eigenvalue weighted by Crippen LogP contribution is 2.21. The molecule has 0 bridgehead atoms. The topological polar surface area (TPSA) is 61.4 Å². The summed E-state index contributed by atoms with van der Waals surface area (Å²) in [6.07, 6.45) is 3.35. The number of phenols is 1. The van der Waals surface area contributed by atoms with Crippen LogP contribution in [0.4, 0.5) is 0 Å². The van der Waals surface area contributed by atoms with Gasteiger partial charge in [0.2, 0.25) is 0 Å². The normalized spacial score (nSPS) is 18.8. The predicted octanol–water partition coefficient (Wildman–Crippen LogP) is 1.57. The number of hydrogen-bond donors (Lipinski definition) is 3. The monoisotopic (exact) mass is 248 g/mol. The summed E-state index contributed by atoms with van der Waals surface area (Å²) in [5.74, 6) is -0.122. The van der Waals surface area contributed by atoms with Crippen molar-refractivity contribution in [1.82, 2.24) is 10.6 Å². The van der Waals surface area contributed by atoms with Gasteiger partial charge in [-0.15, -0.1) is 0 Å². The number of aromatic hydroxyl groups is 1. The SMILES string of the molecule is Cc1cccc(C(=O)NCC[C@@H]2CCCN2)c1O. The summed E-state index contributed by atoms with van der Waals surface area (Å²) in [6, 6.07) is 5.74. The molecule has 1 amide bonds. The molecular weight excluding hydrogens is 228 g/mol. The largest absolute Gasteiger partial charge is 0.507 e. The summed E-state index contributed by atoms with van der Waals surface area (Å²) >= 11 is 0. The Hall–Kier alpha value is -1.55. The first-order valence-electron chi connectivity index (χ1n) is 6.48. The van der Waals surface area contributed by atoms with Gasteiger partial charge in [-0.05, 0) is 44.4 Å². The van der Waals surface area contributed by atoms with Gasteiger partial charge < -0.3 is 15.7 Å². The number of para-hydroxylation sites is 1. The van der Waals surface area contributed by atoms with Crippen LogP contribution in [0.25, 0.3) is 0 Å². The summed E-state index contributed by atoms with van der Waals surface area (Å²) < 4.78 is 0. The van der Waals surface area contributed by atoms with E-state index in [0.717, 1.165) is 18.5 Å². The maximum atomic E-state index is 11.9. The van der Waals surface area contributed by atoms with E-state index >= 15 is 0 Å². The van der Waals surface area contributed by atoms with Gasteiger partial charge in [-0.25, -0.2) is 0 Å². The molecule has 0 spiro atoms. The second-order valence-corrected chi connectivity index (χ2v) is 4.81. The summed E-state index contributed by atoms with van der Waals surface area (Å²) in [5.41, 5.74) is 1.08. The van der Waals surface area contributed by atoms with E-state index in [-0.39, 0.29) is 11.7 Å². The van der Waals surface area contributed by atoms with Gasteiger partial charge in [-0.3, -0.25) is 4.79 Å². The molecule has 0 aliphatic carbocycles. The molecule has 1 aromatic carbocycles. The standard InChI is InChI=1S/C14H20N2O2/c1-10-4-2-6-12(13(10)17)14(18)16-9-7-11-5-3-8-15-11/h2,4,6,11,15,17H,3,5,7-9H2,1H3,(H,16,18)/t11-/m0/s1. The Morgan fingerprint density at radius 2 is 2.39 bits per heavy atom. The summed E-state index contributed by atoms with van der Waals surface area (Å²) in [5, 5.41) is 16.1. The quantitative estimate of drug-likeness (QED) is 0.758. The van der Waals surface area contributed by atoms with Gasteiger partial charge in [0, 0.05) is 12.6 Å². The molecule has 1 aromatic rings. The molecule has 3 N–H and O–H groups in total. The molecule has 1 saturated heterocycles. The fourth-order valence-electron chi connectivity index (χ4n) is 2.30. The van der Waals surface area contributed by atoms with Crippen molar-refractivity contribution < 1.29 is 9.90 Å². The highest BCUT2D eigenvalue weighted by Gasteiger charge is 2.15. The maximum absolute atomic E-state index is 11.9.